The molecular weight excluding hydrogens is 532 g/mol. The van der Waals surface area contributed by atoms with Crippen molar-refractivity contribution in [2.75, 3.05) is 44.7 Å². The molecule has 0 bridgehead atoms. The van der Waals surface area contributed by atoms with Gasteiger partial charge in [-0.25, -0.2) is 0 Å². The van der Waals surface area contributed by atoms with Gasteiger partial charge in [0.15, 0.2) is 0 Å². The number of aryl methyl sites for hydroxylation is 2. The average molecular weight is 573 g/mol. The molecule has 10 heteroatoms. The molecule has 0 atom stereocenters. The van der Waals surface area contributed by atoms with Crippen molar-refractivity contribution >= 4 is 22.5 Å². The highest BCUT2D eigenvalue weighted by molar-refractivity contribution is 6.02. The molecule has 1 saturated heterocycles. The van der Waals surface area contributed by atoms with E-state index in [0.717, 1.165) is 60.2 Å². The molecule has 42 heavy (non-hydrogen) atoms. The van der Waals surface area contributed by atoms with E-state index in [2.05, 4.69) is 20.4 Å². The van der Waals surface area contributed by atoms with E-state index in [1.165, 1.54) is 0 Å². The Bertz CT molecular complexity index is 1630. The van der Waals surface area contributed by atoms with Crippen molar-refractivity contribution in [1.29, 1.82) is 0 Å². The van der Waals surface area contributed by atoms with Crippen LogP contribution in [0.5, 0.6) is 0 Å². The van der Waals surface area contributed by atoms with Crippen molar-refractivity contribution in [3.8, 4) is 11.1 Å². The second-order valence-electron chi connectivity index (χ2n) is 11.9. The SMILES string of the molecule is Cc1ccc(NC(=O)c2cc(C(C)(C)C)no2)cc1-c1cc2cnc(CCCN)cc2n(CCN2CCOCC2)c1=O. The van der Waals surface area contributed by atoms with Crippen LogP contribution in [-0.4, -0.2) is 64.9 Å². The Hall–Kier alpha value is -3.86. The number of carbonyl (C=O) groups is 1. The number of anilines is 1. The predicted octanol–water partition coefficient (Wildman–Crippen LogP) is 4.13. The molecule has 3 N–H and O–H groups in total. The Morgan fingerprint density at radius 1 is 1.07 bits per heavy atom. The molecule has 1 aliphatic heterocycles. The fourth-order valence-electron chi connectivity index (χ4n) is 5.13. The molecular formula is C32H40N6O4. The monoisotopic (exact) mass is 572 g/mol. The number of hydrogen-bond acceptors (Lipinski definition) is 8. The van der Waals surface area contributed by atoms with Crippen molar-refractivity contribution < 1.29 is 14.1 Å². The minimum absolute atomic E-state index is 0.0802. The largest absolute Gasteiger partial charge is 0.379 e. The van der Waals surface area contributed by atoms with Gasteiger partial charge in [-0.15, -0.1) is 0 Å². The maximum absolute atomic E-state index is 14.2. The summed E-state index contributed by atoms with van der Waals surface area (Å²) in [6, 6.07) is 11.1. The molecule has 1 aliphatic rings. The number of fused-ring (bicyclic) bond motifs is 1. The van der Waals surface area contributed by atoms with Crippen LogP contribution in [0.4, 0.5) is 5.69 Å². The van der Waals surface area contributed by atoms with E-state index in [-0.39, 0.29) is 16.7 Å². The third kappa shape index (κ3) is 6.61. The summed E-state index contributed by atoms with van der Waals surface area (Å²) in [5, 5.41) is 7.84. The molecule has 222 valence electrons. The summed E-state index contributed by atoms with van der Waals surface area (Å²) in [6.45, 7) is 12.9. The first-order valence-corrected chi connectivity index (χ1v) is 14.6. The molecule has 0 radical (unpaired) electrons. The zero-order chi connectivity index (χ0) is 29.9. The van der Waals surface area contributed by atoms with Crippen molar-refractivity contribution in [2.24, 2.45) is 5.73 Å². The van der Waals surface area contributed by atoms with Gasteiger partial charge < -0.3 is 24.9 Å². The Labute approximate surface area is 245 Å². The van der Waals surface area contributed by atoms with Crippen LogP contribution < -0.4 is 16.6 Å². The first-order valence-electron chi connectivity index (χ1n) is 14.6. The molecule has 1 amide bonds. The fraction of sp³-hybridized carbons (Fsp3) is 0.438. The first kappa shape index (κ1) is 29.6. The van der Waals surface area contributed by atoms with E-state index in [0.29, 0.717) is 43.2 Å². The second-order valence-corrected chi connectivity index (χ2v) is 11.9. The third-order valence-electron chi connectivity index (χ3n) is 7.70. The van der Waals surface area contributed by atoms with E-state index in [4.69, 9.17) is 15.0 Å². The molecule has 1 fully saturated rings. The van der Waals surface area contributed by atoms with Gasteiger partial charge in [-0.05, 0) is 61.7 Å². The number of nitrogens with zero attached hydrogens (tertiary/aromatic N) is 4. The second kappa shape index (κ2) is 12.6. The highest BCUT2D eigenvalue weighted by atomic mass is 16.5. The topological polar surface area (TPSA) is 129 Å². The van der Waals surface area contributed by atoms with Crippen LogP contribution in [0.15, 0.2) is 51.9 Å². The molecule has 0 spiro atoms. The molecule has 0 unspecified atom stereocenters. The molecule has 4 aromatic rings. The van der Waals surface area contributed by atoms with Gasteiger partial charge in [-0.1, -0.05) is 32.0 Å². The van der Waals surface area contributed by atoms with Gasteiger partial charge in [0.25, 0.3) is 11.5 Å². The van der Waals surface area contributed by atoms with Gasteiger partial charge in [0.05, 0.1) is 24.4 Å². The summed E-state index contributed by atoms with van der Waals surface area (Å²) >= 11 is 0. The maximum atomic E-state index is 14.2. The molecule has 0 saturated carbocycles. The van der Waals surface area contributed by atoms with Crippen LogP contribution in [0, 0.1) is 6.92 Å². The minimum Gasteiger partial charge on any atom is -0.379 e. The van der Waals surface area contributed by atoms with Crippen molar-refractivity contribution in [3.05, 3.63) is 75.7 Å². The quantitative estimate of drug-likeness (QED) is 0.306. The average Bonchev–Trinajstić information content (AvgIpc) is 3.49. The molecule has 10 nitrogen and oxygen atoms in total. The van der Waals surface area contributed by atoms with Crippen LogP contribution in [0.1, 0.15) is 54.7 Å². The molecule has 0 aliphatic carbocycles. The van der Waals surface area contributed by atoms with Gasteiger partial charge in [0.2, 0.25) is 5.76 Å². The van der Waals surface area contributed by atoms with Crippen molar-refractivity contribution in [2.45, 2.75) is 52.5 Å². The van der Waals surface area contributed by atoms with Crippen LogP contribution in [0.2, 0.25) is 0 Å². The fourth-order valence-corrected chi connectivity index (χ4v) is 5.13. The number of nitrogens with one attached hydrogen (secondary N) is 1. The summed E-state index contributed by atoms with van der Waals surface area (Å²) in [4.78, 5) is 34.1. The molecule has 4 heterocycles. The number of nitrogens with two attached hydrogens (primary N) is 1. The number of pyridine rings is 2. The Balaban J connectivity index is 1.51. The highest BCUT2D eigenvalue weighted by Gasteiger charge is 2.22. The van der Waals surface area contributed by atoms with Gasteiger partial charge in [0.1, 0.15) is 0 Å². The number of ether oxygens (including phenoxy) is 1. The van der Waals surface area contributed by atoms with E-state index in [1.54, 1.807) is 6.07 Å². The minimum atomic E-state index is -0.400. The third-order valence-corrected chi connectivity index (χ3v) is 7.70. The number of carbonyl (C=O) groups excluding carboxylic acids is 1. The number of hydrogen-bond donors (Lipinski definition) is 2. The van der Waals surface area contributed by atoms with Crippen LogP contribution >= 0.6 is 0 Å². The highest BCUT2D eigenvalue weighted by Crippen LogP contribution is 2.28. The van der Waals surface area contributed by atoms with E-state index >= 15 is 0 Å². The Morgan fingerprint density at radius 2 is 1.86 bits per heavy atom. The Morgan fingerprint density at radius 3 is 2.57 bits per heavy atom. The number of amides is 1. The van der Waals surface area contributed by atoms with Crippen LogP contribution in [0.25, 0.3) is 22.0 Å². The number of morpholine rings is 1. The van der Waals surface area contributed by atoms with Crippen LogP contribution in [0.3, 0.4) is 0 Å². The first-order chi connectivity index (χ1) is 20.1. The summed E-state index contributed by atoms with van der Waals surface area (Å²) < 4.78 is 12.7. The van der Waals surface area contributed by atoms with Gasteiger partial charge in [-0.2, -0.15) is 0 Å². The summed E-state index contributed by atoms with van der Waals surface area (Å²) in [7, 11) is 0. The lowest BCUT2D eigenvalue weighted by Crippen LogP contribution is -2.39. The summed E-state index contributed by atoms with van der Waals surface area (Å²) in [5.41, 5.74) is 10.7. The van der Waals surface area contributed by atoms with E-state index in [9.17, 15) is 9.59 Å². The zero-order valence-electron chi connectivity index (χ0n) is 24.9. The number of aromatic nitrogens is 3. The number of benzene rings is 1. The number of rotatable bonds is 9. The van der Waals surface area contributed by atoms with E-state index < -0.39 is 5.91 Å². The van der Waals surface area contributed by atoms with Gasteiger partial charge in [-0.3, -0.25) is 19.5 Å². The van der Waals surface area contributed by atoms with Gasteiger partial charge in [0, 0.05) is 66.2 Å². The lowest BCUT2D eigenvalue weighted by molar-refractivity contribution is 0.0364. The van der Waals surface area contributed by atoms with Crippen LogP contribution in [-0.2, 0) is 23.1 Å². The smallest absolute Gasteiger partial charge is 0.294 e. The lowest BCUT2D eigenvalue weighted by atomic mass is 9.92. The zero-order valence-corrected chi connectivity index (χ0v) is 24.9. The maximum Gasteiger partial charge on any atom is 0.294 e. The molecule has 5 rings (SSSR count). The predicted molar refractivity (Wildman–Crippen MR) is 164 cm³/mol. The summed E-state index contributed by atoms with van der Waals surface area (Å²) in [6.07, 6.45) is 3.43. The molecule has 1 aromatic carbocycles. The normalized spacial score (nSPS) is 14.4. The Kier molecular flexibility index (Phi) is 8.86. The standard InChI is InChI=1S/C32H40N6O4/c1-21-7-8-24(35-30(39)28-19-29(36-42-28)32(2,3)4)17-25(21)26-16-22-20-34-23(6-5-9-33)18-27(22)38(31(26)40)11-10-37-12-14-41-15-13-37/h7-8,16-20H,5-6,9-15,33H2,1-4H3,(H,35,39). The summed E-state index contributed by atoms with van der Waals surface area (Å²) in [5.74, 6) is -0.266. The lowest BCUT2D eigenvalue weighted by Gasteiger charge is -2.27. The van der Waals surface area contributed by atoms with Crippen molar-refractivity contribution in [1.82, 2.24) is 19.6 Å². The van der Waals surface area contributed by atoms with E-state index in [1.807, 2.05) is 68.8 Å². The van der Waals surface area contributed by atoms with Gasteiger partial charge >= 0.3 is 0 Å². The molecule has 3 aromatic heterocycles. The van der Waals surface area contributed by atoms with Crippen molar-refractivity contribution in [3.63, 3.8) is 0 Å².